The number of amides is 3. The van der Waals surface area contributed by atoms with E-state index in [2.05, 4.69) is 15.5 Å². The number of rotatable bonds is 2. The topological polar surface area (TPSA) is 104 Å². The molecule has 1 fully saturated rings. The van der Waals surface area contributed by atoms with Gasteiger partial charge in [0, 0.05) is 31.7 Å². The summed E-state index contributed by atoms with van der Waals surface area (Å²) >= 11 is 0. The lowest BCUT2D eigenvalue weighted by Gasteiger charge is -2.31. The number of hydrogen-bond donors (Lipinski definition) is 3. The van der Waals surface area contributed by atoms with Gasteiger partial charge < -0.3 is 16.0 Å². The van der Waals surface area contributed by atoms with Crippen molar-refractivity contribution >= 4 is 11.9 Å². The molecule has 2 rings (SSSR count). The monoisotopic (exact) mass is 251 g/mol. The molecule has 0 bridgehead atoms. The molecule has 1 aliphatic rings. The molecule has 7 heteroatoms. The largest absolute Gasteiger partial charge is 0.364 e. The Morgan fingerprint density at radius 1 is 1.61 bits per heavy atom. The zero-order valence-corrected chi connectivity index (χ0v) is 10.3. The van der Waals surface area contributed by atoms with Crippen molar-refractivity contribution in [1.29, 1.82) is 0 Å². The molecule has 1 aromatic heterocycles. The number of nitrogens with two attached hydrogens (primary N) is 1. The van der Waals surface area contributed by atoms with Crippen LogP contribution in [0.2, 0.25) is 0 Å². The van der Waals surface area contributed by atoms with E-state index >= 15 is 0 Å². The summed E-state index contributed by atoms with van der Waals surface area (Å²) < 4.78 is 0. The number of hydrogen-bond acceptors (Lipinski definition) is 3. The Kier molecular flexibility index (Phi) is 3.50. The Labute approximate surface area is 105 Å². The average molecular weight is 251 g/mol. The van der Waals surface area contributed by atoms with Crippen LogP contribution in [0.15, 0.2) is 6.07 Å². The Hall–Kier alpha value is -2.05. The first kappa shape index (κ1) is 12.4. The second-order valence-corrected chi connectivity index (χ2v) is 4.41. The highest BCUT2D eigenvalue weighted by Gasteiger charge is 2.25. The minimum absolute atomic E-state index is 0.0747. The summed E-state index contributed by atoms with van der Waals surface area (Å²) in [5, 5.41) is 9.30. The molecule has 0 spiro atoms. The summed E-state index contributed by atoms with van der Waals surface area (Å²) in [6.07, 6.45) is 1.90. The zero-order chi connectivity index (χ0) is 13.1. The number of aromatic nitrogens is 2. The fourth-order valence-corrected chi connectivity index (χ4v) is 2.25. The molecule has 4 N–H and O–H groups in total. The number of primary amides is 1. The summed E-state index contributed by atoms with van der Waals surface area (Å²) in [6, 6.07) is 1.59. The highest BCUT2D eigenvalue weighted by atomic mass is 16.2. The molecule has 0 aliphatic carbocycles. The van der Waals surface area contributed by atoms with E-state index in [0.717, 1.165) is 25.1 Å². The predicted molar refractivity (Wildman–Crippen MR) is 65.1 cm³/mol. The van der Waals surface area contributed by atoms with E-state index in [1.54, 1.807) is 18.0 Å². The van der Waals surface area contributed by atoms with E-state index in [4.69, 9.17) is 5.73 Å². The van der Waals surface area contributed by atoms with Gasteiger partial charge in [-0.3, -0.25) is 9.89 Å². The molecule has 0 aromatic carbocycles. The molecule has 1 saturated heterocycles. The average Bonchev–Trinajstić information content (AvgIpc) is 2.88. The van der Waals surface area contributed by atoms with Crippen LogP contribution in [0.25, 0.3) is 0 Å². The van der Waals surface area contributed by atoms with Crippen molar-refractivity contribution in [1.82, 2.24) is 20.4 Å². The third kappa shape index (κ3) is 2.44. The maximum atomic E-state index is 11.6. The fraction of sp³-hybridized carbons (Fsp3) is 0.545. The summed E-state index contributed by atoms with van der Waals surface area (Å²) in [7, 11) is 1.62. The Balaban J connectivity index is 2.08. The number of nitrogens with zero attached hydrogens (tertiary/aromatic N) is 2. The molecule has 0 radical (unpaired) electrons. The first-order valence-corrected chi connectivity index (χ1v) is 5.93. The normalized spacial score (nSPS) is 19.6. The van der Waals surface area contributed by atoms with Gasteiger partial charge in [-0.15, -0.1) is 0 Å². The van der Waals surface area contributed by atoms with Crippen molar-refractivity contribution in [3.63, 3.8) is 0 Å². The van der Waals surface area contributed by atoms with Crippen molar-refractivity contribution < 1.29 is 9.59 Å². The third-order valence-corrected chi connectivity index (χ3v) is 3.21. The third-order valence-electron chi connectivity index (χ3n) is 3.21. The molecule has 18 heavy (non-hydrogen) atoms. The number of likely N-dealkylation sites (tertiary alicyclic amines) is 1. The molecule has 1 aliphatic heterocycles. The van der Waals surface area contributed by atoms with Gasteiger partial charge in [-0.2, -0.15) is 5.10 Å². The van der Waals surface area contributed by atoms with Gasteiger partial charge in [0.1, 0.15) is 5.69 Å². The van der Waals surface area contributed by atoms with Gasteiger partial charge >= 0.3 is 6.03 Å². The van der Waals surface area contributed by atoms with Crippen molar-refractivity contribution in [2.75, 3.05) is 20.1 Å². The van der Waals surface area contributed by atoms with Crippen LogP contribution in [0.1, 0.15) is 34.9 Å². The SMILES string of the molecule is CNC(=O)N1CCCC(c2cc(C(N)=O)n[nH]2)C1. The maximum Gasteiger partial charge on any atom is 0.317 e. The van der Waals surface area contributed by atoms with Gasteiger partial charge in [0.25, 0.3) is 5.91 Å². The standard InChI is InChI=1S/C11H17N5O2/c1-13-11(18)16-4-2-3-7(6-16)8-5-9(10(12)17)15-14-8/h5,7H,2-4,6H2,1H3,(H2,12,17)(H,13,18)(H,14,15). The van der Waals surface area contributed by atoms with Crippen LogP contribution in [0.5, 0.6) is 0 Å². The fourth-order valence-electron chi connectivity index (χ4n) is 2.25. The lowest BCUT2D eigenvalue weighted by atomic mass is 9.95. The molecule has 1 unspecified atom stereocenters. The van der Waals surface area contributed by atoms with Crippen LogP contribution in [-0.4, -0.2) is 47.2 Å². The number of piperidine rings is 1. The van der Waals surface area contributed by atoms with Crippen LogP contribution >= 0.6 is 0 Å². The molecule has 1 atom stereocenters. The zero-order valence-electron chi connectivity index (χ0n) is 10.3. The number of nitrogens with one attached hydrogen (secondary N) is 2. The number of carbonyl (C=O) groups is 2. The minimum atomic E-state index is -0.545. The van der Waals surface area contributed by atoms with E-state index in [0.29, 0.717) is 6.54 Å². The van der Waals surface area contributed by atoms with Crippen LogP contribution < -0.4 is 11.1 Å². The smallest absolute Gasteiger partial charge is 0.317 e. The first-order valence-electron chi connectivity index (χ1n) is 5.93. The highest BCUT2D eigenvalue weighted by molar-refractivity contribution is 5.90. The molecular weight excluding hydrogens is 234 g/mol. The molecular formula is C11H17N5O2. The van der Waals surface area contributed by atoms with Crippen molar-refractivity contribution in [2.24, 2.45) is 5.73 Å². The lowest BCUT2D eigenvalue weighted by Crippen LogP contribution is -2.43. The predicted octanol–water partition coefficient (Wildman–Crippen LogP) is 0.0274. The quantitative estimate of drug-likeness (QED) is 0.690. The van der Waals surface area contributed by atoms with Gasteiger partial charge in [-0.25, -0.2) is 4.79 Å². The number of H-pyrrole nitrogens is 1. The van der Waals surface area contributed by atoms with Crippen molar-refractivity contribution in [3.8, 4) is 0 Å². The Morgan fingerprint density at radius 2 is 2.39 bits per heavy atom. The molecule has 3 amide bonds. The van der Waals surface area contributed by atoms with Gasteiger partial charge in [0.05, 0.1) is 0 Å². The first-order chi connectivity index (χ1) is 8.61. The van der Waals surface area contributed by atoms with E-state index in [9.17, 15) is 9.59 Å². The van der Waals surface area contributed by atoms with E-state index in [1.165, 1.54) is 0 Å². The van der Waals surface area contributed by atoms with E-state index in [-0.39, 0.29) is 17.6 Å². The van der Waals surface area contributed by atoms with Crippen LogP contribution in [0, 0.1) is 0 Å². The van der Waals surface area contributed by atoms with Crippen LogP contribution in [-0.2, 0) is 0 Å². The lowest BCUT2D eigenvalue weighted by molar-refractivity contribution is 0.0995. The van der Waals surface area contributed by atoms with E-state index in [1.807, 2.05) is 0 Å². The maximum absolute atomic E-state index is 11.6. The van der Waals surface area contributed by atoms with Crippen molar-refractivity contribution in [3.05, 3.63) is 17.5 Å². The summed E-state index contributed by atoms with van der Waals surface area (Å²) in [4.78, 5) is 24.3. The van der Waals surface area contributed by atoms with Gasteiger partial charge in [0.2, 0.25) is 0 Å². The number of urea groups is 1. The molecule has 98 valence electrons. The van der Waals surface area contributed by atoms with Gasteiger partial charge in [-0.05, 0) is 18.9 Å². The minimum Gasteiger partial charge on any atom is -0.364 e. The Bertz CT molecular complexity index is 456. The molecule has 7 nitrogen and oxygen atoms in total. The Morgan fingerprint density at radius 3 is 3.00 bits per heavy atom. The van der Waals surface area contributed by atoms with Crippen molar-refractivity contribution in [2.45, 2.75) is 18.8 Å². The molecule has 2 heterocycles. The second kappa shape index (κ2) is 5.07. The van der Waals surface area contributed by atoms with Crippen LogP contribution in [0.3, 0.4) is 0 Å². The van der Waals surface area contributed by atoms with Crippen LogP contribution in [0.4, 0.5) is 4.79 Å². The second-order valence-electron chi connectivity index (χ2n) is 4.41. The highest BCUT2D eigenvalue weighted by Crippen LogP contribution is 2.25. The number of aromatic amines is 1. The summed E-state index contributed by atoms with van der Waals surface area (Å²) in [5.74, 6) is -0.367. The summed E-state index contributed by atoms with van der Waals surface area (Å²) in [6.45, 7) is 1.38. The molecule has 1 aromatic rings. The summed E-state index contributed by atoms with van der Waals surface area (Å²) in [5.41, 5.74) is 6.25. The molecule has 0 saturated carbocycles. The van der Waals surface area contributed by atoms with Gasteiger partial charge in [-0.1, -0.05) is 0 Å². The van der Waals surface area contributed by atoms with E-state index < -0.39 is 5.91 Å². The van der Waals surface area contributed by atoms with Gasteiger partial charge in [0.15, 0.2) is 0 Å². The number of carbonyl (C=O) groups excluding carboxylic acids is 2.